The second kappa shape index (κ2) is 9.84. The van der Waals surface area contributed by atoms with Crippen molar-refractivity contribution in [3.05, 3.63) is 93.5 Å². The first-order valence-electron chi connectivity index (χ1n) is 9.02. The molecule has 0 fully saturated rings. The maximum Gasteiger partial charge on any atom is 0.343 e. The molecule has 1 N–H and O–H groups in total. The highest BCUT2D eigenvalue weighted by Gasteiger charge is 2.13. The second-order valence-corrected chi connectivity index (χ2v) is 7.29. The molecular weight excluding hydrogens is 448 g/mol. The summed E-state index contributed by atoms with van der Waals surface area (Å²) in [4.78, 5) is 24.4. The molecule has 3 aromatic rings. The van der Waals surface area contributed by atoms with Crippen molar-refractivity contribution in [1.82, 2.24) is 5.43 Å². The van der Waals surface area contributed by atoms with Crippen LogP contribution in [-0.4, -0.2) is 25.2 Å². The molecule has 0 aliphatic carbocycles. The number of hydrogen-bond donors (Lipinski definition) is 1. The predicted octanol–water partition coefficient (Wildman–Crippen LogP) is 4.75. The van der Waals surface area contributed by atoms with Gasteiger partial charge in [0.05, 0.1) is 18.9 Å². The van der Waals surface area contributed by atoms with Crippen LogP contribution < -0.4 is 14.9 Å². The summed E-state index contributed by atoms with van der Waals surface area (Å²) in [5.41, 5.74) is 5.15. The number of carbonyl (C=O) groups is 2. The van der Waals surface area contributed by atoms with Crippen molar-refractivity contribution in [2.75, 3.05) is 7.11 Å². The first kappa shape index (κ1) is 21.3. The highest BCUT2D eigenvalue weighted by molar-refractivity contribution is 9.10. The molecule has 30 heavy (non-hydrogen) atoms. The van der Waals surface area contributed by atoms with E-state index in [1.54, 1.807) is 48.5 Å². The predicted molar refractivity (Wildman–Crippen MR) is 118 cm³/mol. The summed E-state index contributed by atoms with van der Waals surface area (Å²) < 4.78 is 11.5. The van der Waals surface area contributed by atoms with Crippen LogP contribution in [0.25, 0.3) is 0 Å². The lowest BCUT2D eigenvalue weighted by atomic mass is 10.1. The van der Waals surface area contributed by atoms with Crippen molar-refractivity contribution in [2.45, 2.75) is 6.92 Å². The molecule has 0 spiro atoms. The van der Waals surface area contributed by atoms with Crippen LogP contribution in [-0.2, 0) is 0 Å². The van der Waals surface area contributed by atoms with E-state index >= 15 is 0 Å². The van der Waals surface area contributed by atoms with Gasteiger partial charge in [0.2, 0.25) is 0 Å². The van der Waals surface area contributed by atoms with Gasteiger partial charge in [0.25, 0.3) is 5.91 Å². The van der Waals surface area contributed by atoms with Crippen LogP contribution in [0, 0.1) is 6.92 Å². The maximum atomic E-state index is 12.3. The molecule has 0 atom stereocenters. The molecule has 0 aliphatic rings. The molecule has 0 aromatic heterocycles. The second-order valence-electron chi connectivity index (χ2n) is 6.38. The van der Waals surface area contributed by atoms with Crippen LogP contribution in [0.4, 0.5) is 0 Å². The number of amides is 1. The molecule has 0 radical (unpaired) electrons. The van der Waals surface area contributed by atoms with Crippen LogP contribution in [0.15, 0.2) is 76.3 Å². The Hall–Kier alpha value is -3.45. The first-order chi connectivity index (χ1) is 14.5. The Morgan fingerprint density at radius 2 is 1.73 bits per heavy atom. The van der Waals surface area contributed by atoms with E-state index in [1.165, 1.54) is 13.3 Å². The standard InChI is InChI=1S/C23H19BrN2O4/c1-15-6-9-17(10-7-15)22(27)26-25-14-16-8-11-20(21(12-16)29-2)30-23(28)18-4-3-5-19(24)13-18/h3-14H,1-2H3,(H,26,27)/b25-14-. The van der Waals surface area contributed by atoms with Gasteiger partial charge in [-0.05, 0) is 61.0 Å². The molecule has 0 aliphatic heterocycles. The summed E-state index contributed by atoms with van der Waals surface area (Å²) in [5, 5.41) is 3.97. The van der Waals surface area contributed by atoms with E-state index in [-0.39, 0.29) is 11.7 Å². The van der Waals surface area contributed by atoms with Crippen LogP contribution >= 0.6 is 15.9 Å². The molecule has 7 heteroatoms. The average Bonchev–Trinajstić information content (AvgIpc) is 2.75. The zero-order chi connectivity index (χ0) is 21.5. The molecular formula is C23H19BrN2O4. The number of aryl methyl sites for hydroxylation is 1. The van der Waals surface area contributed by atoms with Gasteiger partial charge in [-0.15, -0.1) is 0 Å². The van der Waals surface area contributed by atoms with E-state index in [0.717, 1.165) is 10.0 Å². The quantitative estimate of drug-likeness (QED) is 0.246. The third kappa shape index (κ3) is 5.55. The fourth-order valence-electron chi connectivity index (χ4n) is 2.56. The Bertz CT molecular complexity index is 1090. The number of carbonyl (C=O) groups excluding carboxylic acids is 2. The van der Waals surface area contributed by atoms with E-state index in [2.05, 4.69) is 26.5 Å². The largest absolute Gasteiger partial charge is 0.493 e. The van der Waals surface area contributed by atoms with Crippen LogP contribution in [0.3, 0.4) is 0 Å². The van der Waals surface area contributed by atoms with Crippen LogP contribution in [0.2, 0.25) is 0 Å². The molecule has 0 bridgehead atoms. The van der Waals surface area contributed by atoms with Gasteiger partial charge in [0, 0.05) is 10.0 Å². The van der Waals surface area contributed by atoms with Gasteiger partial charge < -0.3 is 9.47 Å². The van der Waals surface area contributed by atoms with Crippen molar-refractivity contribution < 1.29 is 19.1 Å². The van der Waals surface area contributed by atoms with Crippen LogP contribution in [0.5, 0.6) is 11.5 Å². The number of esters is 1. The maximum absolute atomic E-state index is 12.3. The lowest BCUT2D eigenvalue weighted by Gasteiger charge is -2.10. The number of rotatable bonds is 6. The van der Waals surface area contributed by atoms with Gasteiger partial charge in [-0.3, -0.25) is 4.79 Å². The topological polar surface area (TPSA) is 77.0 Å². The van der Waals surface area contributed by atoms with Gasteiger partial charge in [0.15, 0.2) is 11.5 Å². The third-order valence-corrected chi connectivity index (χ3v) is 4.64. The summed E-state index contributed by atoms with van der Waals surface area (Å²) >= 11 is 3.33. The van der Waals surface area contributed by atoms with Gasteiger partial charge in [0.1, 0.15) is 0 Å². The summed E-state index contributed by atoms with van der Waals surface area (Å²) in [6.07, 6.45) is 1.48. The van der Waals surface area contributed by atoms with Crippen molar-refractivity contribution >= 4 is 34.0 Å². The van der Waals surface area contributed by atoms with Crippen molar-refractivity contribution in [3.63, 3.8) is 0 Å². The number of ether oxygens (including phenoxy) is 2. The van der Waals surface area contributed by atoms with E-state index < -0.39 is 5.97 Å². The molecule has 0 heterocycles. The molecule has 0 saturated heterocycles. The van der Waals surface area contributed by atoms with Crippen molar-refractivity contribution in [1.29, 1.82) is 0 Å². The normalized spacial score (nSPS) is 10.6. The molecule has 1 amide bonds. The Balaban J connectivity index is 1.67. The monoisotopic (exact) mass is 466 g/mol. The lowest BCUT2D eigenvalue weighted by molar-refractivity contribution is 0.0729. The minimum Gasteiger partial charge on any atom is -0.493 e. The lowest BCUT2D eigenvalue weighted by Crippen LogP contribution is -2.17. The fourth-order valence-corrected chi connectivity index (χ4v) is 2.96. The number of hydrogen-bond acceptors (Lipinski definition) is 5. The number of halogens is 1. The zero-order valence-electron chi connectivity index (χ0n) is 16.4. The SMILES string of the molecule is COc1cc(/C=N\NC(=O)c2ccc(C)cc2)ccc1OC(=O)c1cccc(Br)c1. The minimum atomic E-state index is -0.499. The number of nitrogens with one attached hydrogen (secondary N) is 1. The van der Waals surface area contributed by atoms with Crippen molar-refractivity contribution in [3.8, 4) is 11.5 Å². The Morgan fingerprint density at radius 1 is 0.967 bits per heavy atom. The highest BCUT2D eigenvalue weighted by Crippen LogP contribution is 2.28. The summed E-state index contributed by atoms with van der Waals surface area (Å²) in [7, 11) is 1.48. The van der Waals surface area contributed by atoms with Crippen molar-refractivity contribution in [2.24, 2.45) is 5.10 Å². The average molecular weight is 467 g/mol. The van der Waals surface area contributed by atoms with E-state index in [0.29, 0.717) is 22.4 Å². The summed E-state index contributed by atoms with van der Waals surface area (Å²) in [6, 6.07) is 19.1. The molecule has 0 unspecified atom stereocenters. The van der Waals surface area contributed by atoms with E-state index in [9.17, 15) is 9.59 Å². The Morgan fingerprint density at radius 3 is 2.43 bits per heavy atom. The number of methoxy groups -OCH3 is 1. The van der Waals surface area contributed by atoms with Gasteiger partial charge in [-0.2, -0.15) is 5.10 Å². The first-order valence-corrected chi connectivity index (χ1v) is 9.81. The summed E-state index contributed by atoms with van der Waals surface area (Å²) in [6.45, 7) is 1.95. The molecule has 6 nitrogen and oxygen atoms in total. The van der Waals surface area contributed by atoms with Gasteiger partial charge in [-0.25, -0.2) is 10.2 Å². The third-order valence-electron chi connectivity index (χ3n) is 4.14. The molecule has 0 saturated carbocycles. The van der Waals surface area contributed by atoms with Gasteiger partial charge in [-0.1, -0.05) is 39.7 Å². The molecule has 152 valence electrons. The number of hydrazone groups is 1. The smallest absolute Gasteiger partial charge is 0.343 e. The Kier molecular flexibility index (Phi) is 6.98. The van der Waals surface area contributed by atoms with Gasteiger partial charge >= 0.3 is 5.97 Å². The van der Waals surface area contributed by atoms with E-state index in [4.69, 9.17) is 9.47 Å². The van der Waals surface area contributed by atoms with Crippen LogP contribution in [0.1, 0.15) is 31.8 Å². The summed E-state index contributed by atoms with van der Waals surface area (Å²) in [5.74, 6) is -0.158. The molecule has 3 rings (SSSR count). The minimum absolute atomic E-state index is 0.281. The molecule has 3 aromatic carbocycles. The fraction of sp³-hybridized carbons (Fsp3) is 0.0870. The Labute approximate surface area is 182 Å². The highest BCUT2D eigenvalue weighted by atomic mass is 79.9. The number of benzene rings is 3. The van der Waals surface area contributed by atoms with E-state index in [1.807, 2.05) is 25.1 Å². The zero-order valence-corrected chi connectivity index (χ0v) is 18.0. The number of nitrogens with zero attached hydrogens (tertiary/aromatic N) is 1.